The molecule has 18 heavy (non-hydrogen) atoms. The monoisotopic (exact) mass is 248 g/mol. The number of hydrogen-bond donors (Lipinski definition) is 2. The molecule has 100 valence electrons. The first-order chi connectivity index (χ1) is 8.58. The van der Waals surface area contributed by atoms with Crippen LogP contribution in [0.3, 0.4) is 0 Å². The SMILES string of the molecule is Cc1nc(N)c(C)c(NCC2CCCCC2C)n1. The summed E-state index contributed by atoms with van der Waals surface area (Å²) >= 11 is 0. The molecule has 1 aromatic heterocycles. The summed E-state index contributed by atoms with van der Waals surface area (Å²) in [7, 11) is 0. The van der Waals surface area contributed by atoms with Crippen LogP contribution in [0.25, 0.3) is 0 Å². The minimum atomic E-state index is 0.585. The van der Waals surface area contributed by atoms with Crippen molar-refractivity contribution in [3.63, 3.8) is 0 Å². The van der Waals surface area contributed by atoms with Gasteiger partial charge in [-0.25, -0.2) is 9.97 Å². The van der Waals surface area contributed by atoms with E-state index in [2.05, 4.69) is 22.2 Å². The van der Waals surface area contributed by atoms with E-state index in [-0.39, 0.29) is 0 Å². The highest BCUT2D eigenvalue weighted by atomic mass is 15.1. The van der Waals surface area contributed by atoms with Crippen LogP contribution in [0, 0.1) is 25.7 Å². The second kappa shape index (κ2) is 5.55. The van der Waals surface area contributed by atoms with Crippen molar-refractivity contribution in [1.82, 2.24) is 9.97 Å². The molecule has 3 N–H and O–H groups in total. The molecular weight excluding hydrogens is 224 g/mol. The Bertz CT molecular complexity index is 417. The molecule has 0 amide bonds. The average molecular weight is 248 g/mol. The first-order valence-electron chi connectivity index (χ1n) is 6.92. The van der Waals surface area contributed by atoms with Gasteiger partial charge >= 0.3 is 0 Å². The molecule has 2 unspecified atom stereocenters. The van der Waals surface area contributed by atoms with Crippen molar-refractivity contribution < 1.29 is 0 Å². The second-order valence-electron chi connectivity index (χ2n) is 5.53. The van der Waals surface area contributed by atoms with E-state index >= 15 is 0 Å². The lowest BCUT2D eigenvalue weighted by atomic mass is 9.80. The van der Waals surface area contributed by atoms with Crippen LogP contribution in [-0.2, 0) is 0 Å². The van der Waals surface area contributed by atoms with Gasteiger partial charge in [-0.1, -0.05) is 26.2 Å². The van der Waals surface area contributed by atoms with Gasteiger partial charge < -0.3 is 11.1 Å². The van der Waals surface area contributed by atoms with Crippen LogP contribution in [0.5, 0.6) is 0 Å². The molecule has 1 aliphatic carbocycles. The van der Waals surface area contributed by atoms with Gasteiger partial charge in [-0.2, -0.15) is 0 Å². The highest BCUT2D eigenvalue weighted by Crippen LogP contribution is 2.30. The number of rotatable bonds is 3. The molecule has 4 nitrogen and oxygen atoms in total. The topological polar surface area (TPSA) is 63.8 Å². The van der Waals surface area contributed by atoms with Crippen LogP contribution in [0.15, 0.2) is 0 Å². The van der Waals surface area contributed by atoms with Crippen molar-refractivity contribution in [3.05, 3.63) is 11.4 Å². The van der Waals surface area contributed by atoms with Crippen molar-refractivity contribution in [2.75, 3.05) is 17.6 Å². The molecule has 1 fully saturated rings. The first kappa shape index (κ1) is 13.1. The van der Waals surface area contributed by atoms with Gasteiger partial charge in [0.2, 0.25) is 0 Å². The lowest BCUT2D eigenvalue weighted by Gasteiger charge is -2.29. The van der Waals surface area contributed by atoms with Gasteiger partial charge in [0.15, 0.2) is 0 Å². The van der Waals surface area contributed by atoms with Crippen molar-refractivity contribution in [1.29, 1.82) is 0 Å². The molecule has 0 aliphatic heterocycles. The summed E-state index contributed by atoms with van der Waals surface area (Å²) in [5, 5.41) is 3.46. The standard InChI is InChI=1S/C14H24N4/c1-9-6-4-5-7-12(9)8-16-14-10(2)13(15)17-11(3)18-14/h9,12H,4-8H2,1-3H3,(H3,15,16,17,18). The molecular formula is C14H24N4. The Morgan fingerprint density at radius 1 is 1.22 bits per heavy atom. The smallest absolute Gasteiger partial charge is 0.134 e. The Labute approximate surface area is 109 Å². The maximum absolute atomic E-state index is 5.87. The van der Waals surface area contributed by atoms with Crippen LogP contribution in [-0.4, -0.2) is 16.5 Å². The highest BCUT2D eigenvalue weighted by molar-refractivity contribution is 5.54. The van der Waals surface area contributed by atoms with E-state index in [1.54, 1.807) is 0 Å². The third-order valence-electron chi connectivity index (χ3n) is 4.12. The molecule has 0 bridgehead atoms. The summed E-state index contributed by atoms with van der Waals surface area (Å²) < 4.78 is 0. The fourth-order valence-electron chi connectivity index (χ4n) is 2.75. The molecule has 0 aromatic carbocycles. The number of nitrogens with zero attached hydrogens (tertiary/aromatic N) is 2. The van der Waals surface area contributed by atoms with Crippen molar-refractivity contribution in [2.24, 2.45) is 11.8 Å². The number of aromatic nitrogens is 2. The Kier molecular flexibility index (Phi) is 4.04. The zero-order valence-corrected chi connectivity index (χ0v) is 11.7. The van der Waals surface area contributed by atoms with Crippen LogP contribution in [0.1, 0.15) is 44.0 Å². The minimum Gasteiger partial charge on any atom is -0.383 e. The third kappa shape index (κ3) is 2.92. The molecule has 0 saturated heterocycles. The molecule has 0 radical (unpaired) electrons. The van der Waals surface area contributed by atoms with Gasteiger partial charge in [0.1, 0.15) is 17.5 Å². The number of nitrogens with two attached hydrogens (primary N) is 1. The molecule has 1 saturated carbocycles. The predicted molar refractivity (Wildman–Crippen MR) is 75.5 cm³/mol. The minimum absolute atomic E-state index is 0.585. The van der Waals surface area contributed by atoms with E-state index in [9.17, 15) is 0 Å². The van der Waals surface area contributed by atoms with Gasteiger partial charge in [0, 0.05) is 12.1 Å². The Hall–Kier alpha value is -1.32. The summed E-state index contributed by atoms with van der Waals surface area (Å²) in [5.74, 6) is 3.79. The second-order valence-corrected chi connectivity index (χ2v) is 5.53. The van der Waals surface area contributed by atoms with E-state index in [1.165, 1.54) is 25.7 Å². The average Bonchev–Trinajstić information content (AvgIpc) is 2.33. The largest absolute Gasteiger partial charge is 0.383 e. The highest BCUT2D eigenvalue weighted by Gasteiger charge is 2.21. The van der Waals surface area contributed by atoms with Crippen LogP contribution in [0.2, 0.25) is 0 Å². The number of anilines is 2. The van der Waals surface area contributed by atoms with Gasteiger partial charge in [0.05, 0.1) is 0 Å². The van der Waals surface area contributed by atoms with E-state index < -0.39 is 0 Å². The number of nitrogen functional groups attached to an aromatic ring is 1. The summed E-state index contributed by atoms with van der Waals surface area (Å²) in [6, 6.07) is 0. The zero-order chi connectivity index (χ0) is 13.1. The number of aryl methyl sites for hydroxylation is 1. The van der Waals surface area contributed by atoms with Gasteiger partial charge in [-0.15, -0.1) is 0 Å². The molecule has 0 spiro atoms. The van der Waals surface area contributed by atoms with Gasteiger partial charge in [0.25, 0.3) is 0 Å². The van der Waals surface area contributed by atoms with Crippen LogP contribution in [0.4, 0.5) is 11.6 Å². The molecule has 2 rings (SSSR count). The Balaban J connectivity index is 2.01. The third-order valence-corrected chi connectivity index (χ3v) is 4.12. The summed E-state index contributed by atoms with van der Waals surface area (Å²) in [6.45, 7) is 7.21. The van der Waals surface area contributed by atoms with Crippen LogP contribution < -0.4 is 11.1 Å². The van der Waals surface area contributed by atoms with E-state index in [4.69, 9.17) is 5.73 Å². The molecule has 2 atom stereocenters. The predicted octanol–water partition coefficient (Wildman–Crippen LogP) is 2.91. The maximum Gasteiger partial charge on any atom is 0.134 e. The van der Waals surface area contributed by atoms with Crippen molar-refractivity contribution in [3.8, 4) is 0 Å². The zero-order valence-electron chi connectivity index (χ0n) is 11.7. The maximum atomic E-state index is 5.87. The summed E-state index contributed by atoms with van der Waals surface area (Å²) in [6.07, 6.45) is 5.43. The lowest BCUT2D eigenvalue weighted by molar-refractivity contribution is 0.268. The van der Waals surface area contributed by atoms with Crippen molar-refractivity contribution in [2.45, 2.75) is 46.5 Å². The lowest BCUT2D eigenvalue weighted by Crippen LogP contribution is -2.25. The van der Waals surface area contributed by atoms with Crippen LogP contribution >= 0.6 is 0 Å². The first-order valence-corrected chi connectivity index (χ1v) is 6.92. The van der Waals surface area contributed by atoms with Crippen molar-refractivity contribution >= 4 is 11.6 Å². The summed E-state index contributed by atoms with van der Waals surface area (Å²) in [5.41, 5.74) is 6.83. The molecule has 1 aliphatic rings. The van der Waals surface area contributed by atoms with E-state index in [1.807, 2.05) is 13.8 Å². The fourth-order valence-corrected chi connectivity index (χ4v) is 2.75. The fraction of sp³-hybridized carbons (Fsp3) is 0.714. The number of hydrogen-bond acceptors (Lipinski definition) is 4. The Morgan fingerprint density at radius 2 is 1.94 bits per heavy atom. The molecule has 4 heteroatoms. The van der Waals surface area contributed by atoms with Gasteiger partial charge in [-0.3, -0.25) is 0 Å². The normalized spacial score (nSPS) is 23.9. The van der Waals surface area contributed by atoms with E-state index in [0.717, 1.165) is 35.6 Å². The Morgan fingerprint density at radius 3 is 2.67 bits per heavy atom. The summed E-state index contributed by atoms with van der Waals surface area (Å²) in [4.78, 5) is 8.61. The molecule has 1 aromatic rings. The molecule has 1 heterocycles. The van der Waals surface area contributed by atoms with Gasteiger partial charge in [-0.05, 0) is 32.1 Å². The van der Waals surface area contributed by atoms with E-state index in [0.29, 0.717) is 5.82 Å². The quantitative estimate of drug-likeness (QED) is 0.863. The number of nitrogens with one attached hydrogen (secondary N) is 1.